The molecular formula is C15H8F6N4. The smallest absolute Gasteiger partial charge is 0.193 e. The van der Waals surface area contributed by atoms with Crippen LogP contribution < -0.4 is 0 Å². The highest BCUT2D eigenvalue weighted by molar-refractivity contribution is 5.57. The molecule has 4 nitrogen and oxygen atoms in total. The zero-order valence-electron chi connectivity index (χ0n) is 12.2. The van der Waals surface area contributed by atoms with Gasteiger partial charge >= 0.3 is 12.4 Å². The molecule has 0 aliphatic heterocycles. The Morgan fingerprint density at radius 1 is 0.760 bits per heavy atom. The molecule has 0 aliphatic rings. The van der Waals surface area contributed by atoms with Crippen LogP contribution in [0.3, 0.4) is 0 Å². The molecule has 1 heterocycles. The lowest BCUT2D eigenvalue weighted by molar-refractivity contribution is -0.143. The van der Waals surface area contributed by atoms with E-state index < -0.39 is 29.2 Å². The molecule has 25 heavy (non-hydrogen) atoms. The van der Waals surface area contributed by atoms with Gasteiger partial charge in [0.2, 0.25) is 0 Å². The maximum atomic E-state index is 13.0. The fourth-order valence-electron chi connectivity index (χ4n) is 2.19. The molecule has 0 radical (unpaired) electrons. The molecule has 0 amide bonds. The molecule has 0 N–H and O–H groups in total. The van der Waals surface area contributed by atoms with Crippen LogP contribution >= 0.6 is 0 Å². The van der Waals surface area contributed by atoms with Crippen molar-refractivity contribution in [1.29, 1.82) is 0 Å². The molecule has 0 spiro atoms. The van der Waals surface area contributed by atoms with E-state index in [1.807, 2.05) is 0 Å². The molecule has 130 valence electrons. The Morgan fingerprint density at radius 2 is 1.32 bits per heavy atom. The highest BCUT2D eigenvalue weighted by atomic mass is 19.4. The number of rotatable bonds is 2. The summed E-state index contributed by atoms with van der Waals surface area (Å²) < 4.78 is 78.7. The Hall–Kier alpha value is -2.91. The van der Waals surface area contributed by atoms with Gasteiger partial charge in [-0.05, 0) is 28.6 Å². The summed E-state index contributed by atoms with van der Waals surface area (Å²) in [4.78, 5) is 0. The van der Waals surface area contributed by atoms with Crippen LogP contribution in [0.25, 0.3) is 17.1 Å². The lowest BCUT2D eigenvalue weighted by atomic mass is 10.1. The third kappa shape index (κ3) is 3.47. The number of tetrazole rings is 1. The van der Waals surface area contributed by atoms with E-state index in [4.69, 9.17) is 0 Å². The molecule has 0 bridgehead atoms. The number of halogens is 6. The fourth-order valence-corrected chi connectivity index (χ4v) is 2.19. The highest BCUT2D eigenvalue weighted by Gasteiger charge is 2.37. The van der Waals surface area contributed by atoms with Gasteiger partial charge in [0, 0.05) is 5.56 Å². The van der Waals surface area contributed by atoms with Crippen LogP contribution in [0.5, 0.6) is 0 Å². The second-order valence-corrected chi connectivity index (χ2v) is 5.04. The number of aromatic nitrogens is 4. The number of alkyl halides is 6. The zero-order valence-corrected chi connectivity index (χ0v) is 12.2. The Kier molecular flexibility index (Phi) is 3.97. The van der Waals surface area contributed by atoms with Crippen molar-refractivity contribution in [3.05, 3.63) is 59.7 Å². The lowest BCUT2D eigenvalue weighted by Gasteiger charge is -2.14. The predicted octanol–water partition coefficient (Wildman–Crippen LogP) is 4.37. The average molecular weight is 358 g/mol. The molecule has 3 aromatic rings. The Morgan fingerprint density at radius 3 is 1.84 bits per heavy atom. The summed E-state index contributed by atoms with van der Waals surface area (Å²) in [6.07, 6.45) is -9.89. The minimum Gasteiger partial charge on any atom is -0.193 e. The van der Waals surface area contributed by atoms with Crippen LogP contribution in [0.1, 0.15) is 11.1 Å². The Bertz CT molecular complexity index is 851. The summed E-state index contributed by atoms with van der Waals surface area (Å²) in [7, 11) is 0. The van der Waals surface area contributed by atoms with Crippen LogP contribution in [0, 0.1) is 0 Å². The van der Waals surface area contributed by atoms with E-state index in [-0.39, 0.29) is 11.9 Å². The summed E-state index contributed by atoms with van der Waals surface area (Å²) in [5, 5.41) is 10.6. The number of hydrogen-bond acceptors (Lipinski definition) is 3. The molecule has 0 unspecified atom stereocenters. The fraction of sp³-hybridized carbons (Fsp3) is 0.133. The molecule has 0 saturated heterocycles. The van der Waals surface area contributed by atoms with Gasteiger partial charge < -0.3 is 0 Å². The molecule has 0 saturated carbocycles. The topological polar surface area (TPSA) is 43.6 Å². The van der Waals surface area contributed by atoms with Gasteiger partial charge in [0.05, 0.1) is 16.8 Å². The van der Waals surface area contributed by atoms with Gasteiger partial charge in [-0.15, -0.1) is 5.10 Å². The van der Waals surface area contributed by atoms with Crippen molar-refractivity contribution < 1.29 is 26.3 Å². The molecular weight excluding hydrogens is 350 g/mol. The summed E-state index contributed by atoms with van der Waals surface area (Å²) in [5.41, 5.74) is -2.87. The van der Waals surface area contributed by atoms with Gasteiger partial charge in [0.15, 0.2) is 5.82 Å². The summed E-state index contributed by atoms with van der Waals surface area (Å²) in [6, 6.07) is 9.33. The summed E-state index contributed by atoms with van der Waals surface area (Å²) in [5.74, 6) is 0.0213. The van der Waals surface area contributed by atoms with E-state index >= 15 is 0 Å². The quantitative estimate of drug-likeness (QED) is 0.639. The van der Waals surface area contributed by atoms with E-state index in [0.29, 0.717) is 17.7 Å². The Labute approximate surface area is 136 Å². The molecule has 3 rings (SSSR count). The van der Waals surface area contributed by atoms with Gasteiger partial charge in [0.1, 0.15) is 0 Å². The first kappa shape index (κ1) is 16.9. The summed E-state index contributed by atoms with van der Waals surface area (Å²) in [6.45, 7) is 0. The van der Waals surface area contributed by atoms with Crippen LogP contribution in [-0.2, 0) is 12.4 Å². The highest BCUT2D eigenvalue weighted by Crippen LogP contribution is 2.37. The van der Waals surface area contributed by atoms with E-state index in [0.717, 1.165) is 4.68 Å². The number of hydrogen-bond donors (Lipinski definition) is 0. The first-order valence-electron chi connectivity index (χ1n) is 6.80. The van der Waals surface area contributed by atoms with Crippen molar-refractivity contribution in [2.75, 3.05) is 0 Å². The van der Waals surface area contributed by atoms with Crippen molar-refractivity contribution in [1.82, 2.24) is 20.2 Å². The van der Waals surface area contributed by atoms with Crippen LogP contribution in [0.4, 0.5) is 26.3 Å². The monoisotopic (exact) mass is 358 g/mol. The van der Waals surface area contributed by atoms with Crippen molar-refractivity contribution in [3.8, 4) is 17.1 Å². The standard InChI is InChI=1S/C15H8F6N4/c16-14(17,18)10-6-11(15(19,20)21)8-12(7-10)25-13(22-23-24-25)9-4-2-1-3-5-9/h1-8H. The Balaban J connectivity index is 2.20. The van der Waals surface area contributed by atoms with Gasteiger partial charge in [-0.25, -0.2) is 0 Å². The molecule has 2 aromatic carbocycles. The van der Waals surface area contributed by atoms with Crippen molar-refractivity contribution in [2.24, 2.45) is 0 Å². The first-order valence-corrected chi connectivity index (χ1v) is 6.80. The largest absolute Gasteiger partial charge is 0.416 e. The van der Waals surface area contributed by atoms with Crippen molar-refractivity contribution >= 4 is 0 Å². The van der Waals surface area contributed by atoms with E-state index in [9.17, 15) is 26.3 Å². The molecule has 0 fully saturated rings. The average Bonchev–Trinajstić information content (AvgIpc) is 3.03. The van der Waals surface area contributed by atoms with Gasteiger partial charge in [-0.2, -0.15) is 31.0 Å². The molecule has 1 aromatic heterocycles. The SMILES string of the molecule is FC(F)(F)c1cc(-n2nnnc2-c2ccccc2)cc(C(F)(F)F)c1. The van der Waals surface area contributed by atoms with E-state index in [1.54, 1.807) is 30.3 Å². The van der Waals surface area contributed by atoms with Crippen molar-refractivity contribution in [2.45, 2.75) is 12.4 Å². The van der Waals surface area contributed by atoms with Crippen LogP contribution in [0.2, 0.25) is 0 Å². The maximum absolute atomic E-state index is 13.0. The molecule has 0 aliphatic carbocycles. The molecule has 0 atom stereocenters. The second-order valence-electron chi connectivity index (χ2n) is 5.04. The summed E-state index contributed by atoms with van der Waals surface area (Å²) >= 11 is 0. The number of nitrogens with zero attached hydrogens (tertiary/aromatic N) is 4. The molecule has 10 heteroatoms. The minimum absolute atomic E-state index is 0.0213. The van der Waals surface area contributed by atoms with Gasteiger partial charge in [0.25, 0.3) is 0 Å². The van der Waals surface area contributed by atoms with E-state index in [1.165, 1.54) is 0 Å². The lowest BCUT2D eigenvalue weighted by Crippen LogP contribution is -2.13. The first-order chi connectivity index (χ1) is 11.7. The third-order valence-electron chi connectivity index (χ3n) is 3.32. The normalized spacial score (nSPS) is 12.4. The number of benzene rings is 2. The van der Waals surface area contributed by atoms with Crippen molar-refractivity contribution in [3.63, 3.8) is 0 Å². The van der Waals surface area contributed by atoms with E-state index in [2.05, 4.69) is 15.5 Å². The minimum atomic E-state index is -4.95. The van der Waals surface area contributed by atoms with Gasteiger partial charge in [-0.3, -0.25) is 0 Å². The second kappa shape index (κ2) is 5.87. The van der Waals surface area contributed by atoms with Crippen LogP contribution in [0.15, 0.2) is 48.5 Å². The predicted molar refractivity (Wildman–Crippen MR) is 74.6 cm³/mol. The third-order valence-corrected chi connectivity index (χ3v) is 3.32. The maximum Gasteiger partial charge on any atom is 0.416 e. The van der Waals surface area contributed by atoms with Gasteiger partial charge in [-0.1, -0.05) is 30.3 Å². The zero-order chi connectivity index (χ0) is 18.2. The van der Waals surface area contributed by atoms with Crippen LogP contribution in [-0.4, -0.2) is 20.2 Å².